The quantitative estimate of drug-likeness (QED) is 0.848. The van der Waals surface area contributed by atoms with E-state index in [1.54, 1.807) is 12.3 Å². The van der Waals surface area contributed by atoms with Crippen molar-refractivity contribution in [1.29, 1.82) is 0 Å². The van der Waals surface area contributed by atoms with Gasteiger partial charge >= 0.3 is 0 Å². The van der Waals surface area contributed by atoms with E-state index in [0.29, 0.717) is 5.92 Å². The molecule has 0 atom stereocenters. The average molecular weight is 296 g/mol. The fourth-order valence-corrected chi connectivity index (χ4v) is 2.93. The molecular formula is C12H14BrN3O. The molecule has 0 radical (unpaired) electrons. The van der Waals surface area contributed by atoms with E-state index in [4.69, 9.17) is 0 Å². The minimum atomic E-state index is 0.276. The Labute approximate surface area is 108 Å². The van der Waals surface area contributed by atoms with E-state index in [0.717, 1.165) is 41.9 Å². The van der Waals surface area contributed by atoms with E-state index in [9.17, 15) is 5.11 Å². The van der Waals surface area contributed by atoms with Crippen molar-refractivity contribution in [1.82, 2.24) is 14.7 Å². The van der Waals surface area contributed by atoms with Gasteiger partial charge in [0.15, 0.2) is 0 Å². The first kappa shape index (κ1) is 11.0. The number of nitrogens with one attached hydrogen (secondary N) is 1. The van der Waals surface area contributed by atoms with Crippen LogP contribution in [0.25, 0.3) is 5.52 Å². The first-order chi connectivity index (χ1) is 8.25. The largest absolute Gasteiger partial charge is 0.506 e. The molecule has 2 N–H and O–H groups in total. The third-order valence-electron chi connectivity index (χ3n) is 3.31. The highest BCUT2D eigenvalue weighted by molar-refractivity contribution is 9.10. The van der Waals surface area contributed by atoms with Crippen LogP contribution in [0.5, 0.6) is 5.75 Å². The summed E-state index contributed by atoms with van der Waals surface area (Å²) in [5.41, 5.74) is 1.01. The Hall–Kier alpha value is -1.07. The molecule has 1 aliphatic heterocycles. The molecule has 0 aliphatic carbocycles. The van der Waals surface area contributed by atoms with Gasteiger partial charge in [-0.2, -0.15) is 0 Å². The van der Waals surface area contributed by atoms with Gasteiger partial charge in [0.05, 0.1) is 11.7 Å². The molecule has 0 unspecified atom stereocenters. The molecule has 3 heterocycles. The fourth-order valence-electron chi connectivity index (χ4n) is 2.43. The predicted molar refractivity (Wildman–Crippen MR) is 69.4 cm³/mol. The lowest BCUT2D eigenvalue weighted by Gasteiger charge is -2.21. The second-order valence-electron chi connectivity index (χ2n) is 4.43. The van der Waals surface area contributed by atoms with Crippen molar-refractivity contribution in [2.75, 3.05) is 13.1 Å². The third-order valence-corrected chi connectivity index (χ3v) is 3.89. The molecule has 1 saturated heterocycles. The normalized spacial score (nSPS) is 17.7. The highest BCUT2D eigenvalue weighted by Crippen LogP contribution is 2.30. The lowest BCUT2D eigenvalue weighted by atomic mass is 9.97. The summed E-state index contributed by atoms with van der Waals surface area (Å²) in [6.45, 7) is 2.08. The molecule has 0 bridgehead atoms. The topological polar surface area (TPSA) is 49.6 Å². The van der Waals surface area contributed by atoms with Gasteiger partial charge in [-0.25, -0.2) is 4.98 Å². The van der Waals surface area contributed by atoms with Crippen LogP contribution in [0.1, 0.15) is 24.6 Å². The molecule has 17 heavy (non-hydrogen) atoms. The number of aromatic nitrogens is 2. The van der Waals surface area contributed by atoms with Gasteiger partial charge in [-0.15, -0.1) is 0 Å². The number of hydrogen-bond acceptors (Lipinski definition) is 3. The number of imidazole rings is 1. The second kappa shape index (κ2) is 4.31. The molecule has 4 nitrogen and oxygen atoms in total. The Bertz CT molecular complexity index is 546. The number of rotatable bonds is 1. The van der Waals surface area contributed by atoms with Crippen molar-refractivity contribution in [2.24, 2.45) is 0 Å². The van der Waals surface area contributed by atoms with Crippen LogP contribution in [0, 0.1) is 0 Å². The number of piperidine rings is 1. The van der Waals surface area contributed by atoms with Crippen LogP contribution in [0.4, 0.5) is 0 Å². The van der Waals surface area contributed by atoms with Crippen LogP contribution in [0.3, 0.4) is 0 Å². The first-order valence-corrected chi connectivity index (χ1v) is 6.62. The summed E-state index contributed by atoms with van der Waals surface area (Å²) in [7, 11) is 0. The third kappa shape index (κ3) is 1.93. The summed E-state index contributed by atoms with van der Waals surface area (Å²) in [4.78, 5) is 4.60. The van der Waals surface area contributed by atoms with Gasteiger partial charge in [0.1, 0.15) is 16.2 Å². The van der Waals surface area contributed by atoms with Gasteiger partial charge in [-0.1, -0.05) is 0 Å². The Morgan fingerprint density at radius 3 is 2.88 bits per heavy atom. The monoisotopic (exact) mass is 295 g/mol. The number of nitrogens with zero attached hydrogens (tertiary/aromatic N) is 2. The van der Waals surface area contributed by atoms with Crippen molar-refractivity contribution < 1.29 is 5.11 Å². The van der Waals surface area contributed by atoms with Gasteiger partial charge in [0.25, 0.3) is 0 Å². The van der Waals surface area contributed by atoms with E-state index in [1.165, 1.54) is 0 Å². The Morgan fingerprint density at radius 1 is 1.35 bits per heavy atom. The smallest absolute Gasteiger partial charge is 0.132 e. The SMILES string of the molecule is Oc1ccc2c(Br)nc(C3CCNCC3)n2c1. The molecule has 1 aliphatic rings. The van der Waals surface area contributed by atoms with Gasteiger partial charge in [0.2, 0.25) is 0 Å². The summed E-state index contributed by atoms with van der Waals surface area (Å²) in [6.07, 6.45) is 3.94. The predicted octanol–water partition coefficient (Wildman–Crippen LogP) is 2.27. The van der Waals surface area contributed by atoms with Crippen LogP contribution in [0.15, 0.2) is 22.9 Å². The van der Waals surface area contributed by atoms with Gasteiger partial charge in [-0.3, -0.25) is 4.40 Å². The zero-order valence-electron chi connectivity index (χ0n) is 9.36. The highest BCUT2D eigenvalue weighted by atomic mass is 79.9. The second-order valence-corrected chi connectivity index (χ2v) is 5.18. The van der Waals surface area contributed by atoms with Crippen LogP contribution in [0.2, 0.25) is 0 Å². The van der Waals surface area contributed by atoms with E-state index in [1.807, 2.05) is 10.5 Å². The maximum absolute atomic E-state index is 9.59. The maximum Gasteiger partial charge on any atom is 0.132 e. The van der Waals surface area contributed by atoms with Crippen LogP contribution < -0.4 is 5.32 Å². The van der Waals surface area contributed by atoms with Crippen LogP contribution in [-0.4, -0.2) is 27.6 Å². The van der Waals surface area contributed by atoms with Crippen molar-refractivity contribution in [3.63, 3.8) is 0 Å². The van der Waals surface area contributed by atoms with E-state index in [2.05, 4.69) is 26.2 Å². The van der Waals surface area contributed by atoms with Gasteiger partial charge in [-0.05, 0) is 54.0 Å². The minimum Gasteiger partial charge on any atom is -0.506 e. The lowest BCUT2D eigenvalue weighted by Crippen LogP contribution is -2.27. The summed E-state index contributed by atoms with van der Waals surface area (Å²) in [6, 6.07) is 3.57. The first-order valence-electron chi connectivity index (χ1n) is 5.83. The molecule has 1 fully saturated rings. The van der Waals surface area contributed by atoms with Crippen molar-refractivity contribution in [2.45, 2.75) is 18.8 Å². The Morgan fingerprint density at radius 2 is 2.12 bits per heavy atom. The van der Waals surface area contributed by atoms with E-state index >= 15 is 0 Å². The summed E-state index contributed by atoms with van der Waals surface area (Å²) < 4.78 is 2.85. The van der Waals surface area contributed by atoms with E-state index < -0.39 is 0 Å². The zero-order valence-corrected chi connectivity index (χ0v) is 10.9. The minimum absolute atomic E-state index is 0.276. The van der Waals surface area contributed by atoms with Crippen molar-refractivity contribution >= 4 is 21.4 Å². The highest BCUT2D eigenvalue weighted by Gasteiger charge is 2.21. The number of aromatic hydroxyl groups is 1. The Kier molecular flexibility index (Phi) is 2.80. The number of hydrogen-bond donors (Lipinski definition) is 2. The zero-order chi connectivity index (χ0) is 11.8. The standard InChI is InChI=1S/C12H14BrN3O/c13-11-10-2-1-9(17)7-16(10)12(15-11)8-3-5-14-6-4-8/h1-2,7-8,14,17H,3-6H2. The van der Waals surface area contributed by atoms with Gasteiger partial charge in [0, 0.05) is 5.92 Å². The molecule has 2 aromatic rings. The lowest BCUT2D eigenvalue weighted by molar-refractivity contribution is 0.441. The van der Waals surface area contributed by atoms with Crippen LogP contribution in [-0.2, 0) is 0 Å². The molecule has 3 rings (SSSR count). The molecule has 90 valence electrons. The summed E-state index contributed by atoms with van der Waals surface area (Å²) in [5.74, 6) is 1.79. The van der Waals surface area contributed by atoms with Crippen LogP contribution >= 0.6 is 15.9 Å². The number of pyridine rings is 1. The summed E-state index contributed by atoms with van der Waals surface area (Å²) in [5, 5.41) is 12.9. The summed E-state index contributed by atoms with van der Waals surface area (Å²) >= 11 is 3.48. The van der Waals surface area contributed by atoms with Crippen molar-refractivity contribution in [3.05, 3.63) is 28.8 Å². The molecule has 0 amide bonds. The maximum atomic E-state index is 9.59. The molecule has 0 spiro atoms. The number of fused-ring (bicyclic) bond motifs is 1. The van der Waals surface area contributed by atoms with Crippen molar-refractivity contribution in [3.8, 4) is 5.75 Å². The molecule has 5 heteroatoms. The molecule has 2 aromatic heterocycles. The average Bonchev–Trinajstić information content (AvgIpc) is 2.67. The molecule has 0 saturated carbocycles. The van der Waals surface area contributed by atoms with E-state index in [-0.39, 0.29) is 5.75 Å². The Balaban J connectivity index is 2.11. The fraction of sp³-hybridized carbons (Fsp3) is 0.417. The molecule has 0 aromatic carbocycles. The van der Waals surface area contributed by atoms with Gasteiger partial charge < -0.3 is 10.4 Å². The molecular weight excluding hydrogens is 282 g/mol. The number of halogens is 1.